The average Bonchev–Trinajstić information content (AvgIpc) is 2.39. The zero-order valence-electron chi connectivity index (χ0n) is 11.7. The minimum atomic E-state index is 0.128. The summed E-state index contributed by atoms with van der Waals surface area (Å²) in [7, 11) is 1.72. The highest BCUT2D eigenvalue weighted by molar-refractivity contribution is 5.28. The fourth-order valence-electron chi connectivity index (χ4n) is 1.91. The summed E-state index contributed by atoms with van der Waals surface area (Å²) >= 11 is 0. The molecule has 1 unspecified atom stereocenters. The van der Waals surface area contributed by atoms with Crippen LogP contribution in [0.2, 0.25) is 0 Å². The van der Waals surface area contributed by atoms with Gasteiger partial charge in [0, 0.05) is 26.9 Å². The van der Waals surface area contributed by atoms with Crippen LogP contribution in [0.15, 0.2) is 24.3 Å². The van der Waals surface area contributed by atoms with Gasteiger partial charge in [0.05, 0.1) is 6.10 Å². The molecule has 0 amide bonds. The quantitative estimate of drug-likeness (QED) is 0.685. The first-order valence-electron chi connectivity index (χ1n) is 6.66. The van der Waals surface area contributed by atoms with Crippen molar-refractivity contribution in [1.82, 2.24) is 5.32 Å². The van der Waals surface area contributed by atoms with E-state index in [-0.39, 0.29) is 6.10 Å². The summed E-state index contributed by atoms with van der Waals surface area (Å²) in [5, 5.41) is 3.36. The molecule has 1 N–H and O–H groups in total. The van der Waals surface area contributed by atoms with Crippen LogP contribution in [0.3, 0.4) is 0 Å². The van der Waals surface area contributed by atoms with Crippen molar-refractivity contribution in [3.63, 3.8) is 0 Å². The Morgan fingerprint density at radius 2 is 2.00 bits per heavy atom. The first-order chi connectivity index (χ1) is 8.79. The van der Waals surface area contributed by atoms with E-state index in [0.717, 1.165) is 32.7 Å². The summed E-state index contributed by atoms with van der Waals surface area (Å²) in [6.45, 7) is 7.55. The highest BCUT2D eigenvalue weighted by atomic mass is 16.5. The highest BCUT2D eigenvalue weighted by Crippen LogP contribution is 2.20. The maximum absolute atomic E-state index is 5.97. The molecule has 1 rings (SSSR count). The van der Waals surface area contributed by atoms with Gasteiger partial charge in [-0.1, -0.05) is 31.2 Å². The molecule has 0 bridgehead atoms. The van der Waals surface area contributed by atoms with Gasteiger partial charge in [0.2, 0.25) is 0 Å². The van der Waals surface area contributed by atoms with E-state index in [0.29, 0.717) is 0 Å². The predicted molar refractivity (Wildman–Crippen MR) is 74.9 cm³/mol. The Balaban J connectivity index is 2.57. The van der Waals surface area contributed by atoms with Crippen LogP contribution < -0.4 is 5.32 Å². The van der Waals surface area contributed by atoms with Crippen molar-refractivity contribution in [2.45, 2.75) is 26.4 Å². The van der Waals surface area contributed by atoms with Gasteiger partial charge in [-0.25, -0.2) is 0 Å². The smallest absolute Gasteiger partial charge is 0.0951 e. The Hall–Kier alpha value is -0.900. The van der Waals surface area contributed by atoms with Crippen molar-refractivity contribution >= 4 is 0 Å². The van der Waals surface area contributed by atoms with Gasteiger partial charge in [0.1, 0.15) is 0 Å². The monoisotopic (exact) mass is 251 g/mol. The molecular weight excluding hydrogens is 226 g/mol. The molecule has 3 heteroatoms. The lowest BCUT2D eigenvalue weighted by Gasteiger charge is -2.20. The lowest BCUT2D eigenvalue weighted by molar-refractivity contribution is 0.0388. The van der Waals surface area contributed by atoms with Crippen molar-refractivity contribution in [2.75, 3.05) is 33.4 Å². The fraction of sp³-hybridized carbons (Fsp3) is 0.600. The van der Waals surface area contributed by atoms with Gasteiger partial charge in [-0.2, -0.15) is 0 Å². The van der Waals surface area contributed by atoms with Crippen LogP contribution in [0.4, 0.5) is 0 Å². The first-order valence-corrected chi connectivity index (χ1v) is 6.66. The highest BCUT2D eigenvalue weighted by Gasteiger charge is 2.13. The summed E-state index contributed by atoms with van der Waals surface area (Å²) in [5.41, 5.74) is 2.56. The number of likely N-dealkylation sites (N-methyl/N-ethyl adjacent to an activating group) is 1. The van der Waals surface area contributed by atoms with Crippen molar-refractivity contribution in [3.05, 3.63) is 35.4 Å². The van der Waals surface area contributed by atoms with Crippen LogP contribution in [-0.2, 0) is 9.47 Å². The molecule has 0 saturated heterocycles. The summed E-state index contributed by atoms with van der Waals surface area (Å²) in [6.07, 6.45) is 1.06. The number of nitrogens with one attached hydrogen (secondary N) is 1. The van der Waals surface area contributed by atoms with Crippen LogP contribution >= 0.6 is 0 Å². The minimum Gasteiger partial charge on any atom is -0.385 e. The number of hydrogen-bond donors (Lipinski definition) is 1. The largest absolute Gasteiger partial charge is 0.385 e. The van der Waals surface area contributed by atoms with Gasteiger partial charge in [0.25, 0.3) is 0 Å². The Morgan fingerprint density at radius 3 is 2.67 bits per heavy atom. The van der Waals surface area contributed by atoms with Crippen molar-refractivity contribution in [1.29, 1.82) is 0 Å². The molecule has 0 saturated carbocycles. The molecule has 0 aromatic heterocycles. The number of hydrogen-bond acceptors (Lipinski definition) is 3. The van der Waals surface area contributed by atoms with Gasteiger partial charge in [0.15, 0.2) is 0 Å². The summed E-state index contributed by atoms with van der Waals surface area (Å²) in [6, 6.07) is 8.41. The Morgan fingerprint density at radius 1 is 1.22 bits per heavy atom. The van der Waals surface area contributed by atoms with Crippen LogP contribution in [-0.4, -0.2) is 33.4 Å². The molecule has 18 heavy (non-hydrogen) atoms. The zero-order valence-corrected chi connectivity index (χ0v) is 11.7. The van der Waals surface area contributed by atoms with E-state index in [1.54, 1.807) is 7.11 Å². The molecule has 0 heterocycles. The van der Waals surface area contributed by atoms with E-state index in [4.69, 9.17) is 9.47 Å². The standard InChI is InChI=1S/C15H25NO2/c1-4-16-12-15(18-11-7-10-17-3)14-9-6-5-8-13(14)2/h5-6,8-9,15-16H,4,7,10-12H2,1-3H3. The van der Waals surface area contributed by atoms with Gasteiger partial charge in [-0.05, 0) is 31.0 Å². The van der Waals surface area contributed by atoms with E-state index < -0.39 is 0 Å². The van der Waals surface area contributed by atoms with E-state index in [1.165, 1.54) is 11.1 Å². The average molecular weight is 251 g/mol. The molecule has 0 aliphatic heterocycles. The van der Waals surface area contributed by atoms with Crippen LogP contribution in [0.5, 0.6) is 0 Å². The third-order valence-electron chi connectivity index (χ3n) is 2.93. The Bertz CT molecular complexity index is 328. The van der Waals surface area contributed by atoms with Gasteiger partial charge < -0.3 is 14.8 Å². The molecule has 3 nitrogen and oxygen atoms in total. The lowest BCUT2D eigenvalue weighted by atomic mass is 10.0. The van der Waals surface area contributed by atoms with E-state index >= 15 is 0 Å². The number of rotatable bonds is 9. The van der Waals surface area contributed by atoms with E-state index in [1.807, 2.05) is 0 Å². The first kappa shape index (κ1) is 15.2. The summed E-state index contributed by atoms with van der Waals surface area (Å²) in [5.74, 6) is 0. The molecule has 0 aliphatic carbocycles. The van der Waals surface area contributed by atoms with Crippen molar-refractivity contribution in [2.24, 2.45) is 0 Å². The summed E-state index contributed by atoms with van der Waals surface area (Å²) < 4.78 is 11.0. The number of aryl methyl sites for hydroxylation is 1. The van der Waals surface area contributed by atoms with Gasteiger partial charge in [-0.15, -0.1) is 0 Å². The predicted octanol–water partition coefficient (Wildman–Crippen LogP) is 2.70. The molecule has 0 fully saturated rings. The third-order valence-corrected chi connectivity index (χ3v) is 2.93. The Labute approximate surface area is 110 Å². The second-order valence-corrected chi connectivity index (χ2v) is 4.37. The number of methoxy groups -OCH3 is 1. The molecule has 0 radical (unpaired) electrons. The van der Waals surface area contributed by atoms with Gasteiger partial charge >= 0.3 is 0 Å². The molecule has 1 atom stereocenters. The maximum atomic E-state index is 5.97. The van der Waals surface area contributed by atoms with Gasteiger partial charge in [-0.3, -0.25) is 0 Å². The molecule has 0 aliphatic rings. The molecule has 102 valence electrons. The van der Waals surface area contributed by atoms with Crippen LogP contribution in [0.1, 0.15) is 30.6 Å². The zero-order chi connectivity index (χ0) is 13.2. The number of benzene rings is 1. The van der Waals surface area contributed by atoms with Crippen LogP contribution in [0.25, 0.3) is 0 Å². The van der Waals surface area contributed by atoms with Crippen molar-refractivity contribution in [3.8, 4) is 0 Å². The topological polar surface area (TPSA) is 30.5 Å². The third kappa shape index (κ3) is 5.17. The maximum Gasteiger partial charge on any atom is 0.0951 e. The lowest BCUT2D eigenvalue weighted by Crippen LogP contribution is -2.24. The molecule has 0 spiro atoms. The Kier molecular flexibility index (Phi) is 7.65. The summed E-state index contributed by atoms with van der Waals surface area (Å²) in [4.78, 5) is 0. The minimum absolute atomic E-state index is 0.128. The fourth-order valence-corrected chi connectivity index (χ4v) is 1.91. The van der Waals surface area contributed by atoms with E-state index in [9.17, 15) is 0 Å². The normalized spacial score (nSPS) is 12.6. The van der Waals surface area contributed by atoms with Crippen molar-refractivity contribution < 1.29 is 9.47 Å². The second-order valence-electron chi connectivity index (χ2n) is 4.37. The molecule has 1 aromatic rings. The second kappa shape index (κ2) is 9.09. The van der Waals surface area contributed by atoms with E-state index in [2.05, 4.69) is 43.4 Å². The van der Waals surface area contributed by atoms with Crippen LogP contribution in [0, 0.1) is 6.92 Å². The molecular formula is C15H25NO2. The SMILES string of the molecule is CCNCC(OCCCOC)c1ccccc1C. The molecule has 1 aromatic carbocycles. The number of ether oxygens (including phenoxy) is 2.